The van der Waals surface area contributed by atoms with Crippen LogP contribution in [0.1, 0.15) is 44.4 Å². The van der Waals surface area contributed by atoms with Crippen LogP contribution in [0.15, 0.2) is 54.6 Å². The Morgan fingerprint density at radius 2 is 1.39 bits per heavy atom. The van der Waals surface area contributed by atoms with E-state index in [-0.39, 0.29) is 17.0 Å². The van der Waals surface area contributed by atoms with Crippen LogP contribution in [0.25, 0.3) is 44.0 Å². The maximum Gasteiger partial charge on any atom is 0.142 e. The third-order valence-corrected chi connectivity index (χ3v) is 5.95. The van der Waals surface area contributed by atoms with Gasteiger partial charge in [-0.1, -0.05) is 41.9 Å². The van der Waals surface area contributed by atoms with Crippen molar-refractivity contribution in [3.63, 3.8) is 0 Å². The zero-order chi connectivity index (χ0) is 27.2. The average molecular weight is 502 g/mol. The summed E-state index contributed by atoms with van der Waals surface area (Å²) in [5, 5.41) is 33.1. The normalized spacial score (nSPS) is 11.6. The van der Waals surface area contributed by atoms with Gasteiger partial charge in [-0.2, -0.15) is 5.26 Å². The van der Waals surface area contributed by atoms with E-state index in [1.54, 1.807) is 33.8 Å². The van der Waals surface area contributed by atoms with E-state index in [2.05, 4.69) is 28.7 Å². The second kappa shape index (κ2) is 9.02. The molecule has 0 spiro atoms. The minimum absolute atomic E-state index is 0.118. The lowest BCUT2D eigenvalue weighted by molar-refractivity contribution is 0.143. The number of aromatic amines is 1. The topological polar surface area (TPSA) is 92.9 Å². The number of aliphatic hydroxyl groups is 2. The molecule has 0 amide bonds. The molecule has 4 aromatic carbocycles. The van der Waals surface area contributed by atoms with E-state index in [1.165, 1.54) is 12.1 Å². The quantitative estimate of drug-likeness (QED) is 0.200. The number of nitrogens with zero attached hydrogens (tertiary/aromatic N) is 2. The van der Waals surface area contributed by atoms with Gasteiger partial charge in [0.1, 0.15) is 22.8 Å². The molecule has 0 unspecified atom stereocenters. The van der Waals surface area contributed by atoms with Crippen LogP contribution in [-0.4, -0.2) is 31.4 Å². The fourth-order valence-corrected chi connectivity index (χ4v) is 4.30. The SMILES string of the molecule is CC(C)(O)C#Cc1ccc2c(c1)c1cc(C#CC(C)(C)O)ccc1c1[nH]c(-c3c(F)cccc3C#N)nc21. The van der Waals surface area contributed by atoms with Crippen molar-refractivity contribution >= 4 is 32.6 Å². The molecule has 5 aromatic rings. The Hall–Kier alpha value is -4.67. The summed E-state index contributed by atoms with van der Waals surface area (Å²) in [6, 6.07) is 17.8. The molecule has 0 aliphatic heterocycles. The van der Waals surface area contributed by atoms with E-state index in [9.17, 15) is 19.9 Å². The van der Waals surface area contributed by atoms with Crippen LogP contribution in [0, 0.1) is 40.8 Å². The number of nitriles is 1. The average Bonchev–Trinajstić information content (AvgIpc) is 3.30. The summed E-state index contributed by atoms with van der Waals surface area (Å²) in [4.78, 5) is 8.01. The Morgan fingerprint density at radius 3 is 1.97 bits per heavy atom. The lowest BCUT2D eigenvalue weighted by atomic mass is 9.96. The third-order valence-electron chi connectivity index (χ3n) is 5.95. The molecule has 0 fully saturated rings. The Labute approximate surface area is 219 Å². The predicted octanol–water partition coefficient (Wildman–Crippen LogP) is 5.79. The van der Waals surface area contributed by atoms with Crippen LogP contribution < -0.4 is 0 Å². The van der Waals surface area contributed by atoms with Gasteiger partial charge in [-0.25, -0.2) is 9.37 Å². The van der Waals surface area contributed by atoms with Crippen molar-refractivity contribution in [1.29, 1.82) is 5.26 Å². The van der Waals surface area contributed by atoms with E-state index in [0.29, 0.717) is 22.2 Å². The third kappa shape index (κ3) is 4.82. The molecule has 0 bridgehead atoms. The van der Waals surface area contributed by atoms with E-state index in [0.717, 1.165) is 21.5 Å². The lowest BCUT2D eigenvalue weighted by Gasteiger charge is -2.09. The molecule has 0 atom stereocenters. The van der Waals surface area contributed by atoms with Crippen LogP contribution in [0.4, 0.5) is 4.39 Å². The van der Waals surface area contributed by atoms with Gasteiger partial charge in [-0.05, 0) is 74.9 Å². The molecule has 1 aromatic heterocycles. The monoisotopic (exact) mass is 501 g/mol. The maximum absolute atomic E-state index is 14.9. The van der Waals surface area contributed by atoms with E-state index >= 15 is 0 Å². The van der Waals surface area contributed by atoms with Crippen molar-refractivity contribution in [3.05, 3.63) is 77.1 Å². The zero-order valence-corrected chi connectivity index (χ0v) is 21.4. The molecule has 0 aliphatic carbocycles. The maximum atomic E-state index is 14.9. The van der Waals surface area contributed by atoms with E-state index in [4.69, 9.17) is 4.98 Å². The number of hydrogen-bond donors (Lipinski definition) is 3. The van der Waals surface area contributed by atoms with Crippen molar-refractivity contribution in [2.45, 2.75) is 38.9 Å². The van der Waals surface area contributed by atoms with Crippen molar-refractivity contribution in [3.8, 4) is 41.1 Å². The summed E-state index contributed by atoms with van der Waals surface area (Å²) >= 11 is 0. The largest absolute Gasteiger partial charge is 0.378 e. The van der Waals surface area contributed by atoms with E-state index in [1.807, 2.05) is 42.5 Å². The van der Waals surface area contributed by atoms with Crippen LogP contribution in [0.5, 0.6) is 0 Å². The molecule has 1 heterocycles. The van der Waals surface area contributed by atoms with E-state index < -0.39 is 17.0 Å². The molecular weight excluding hydrogens is 477 g/mol. The van der Waals surface area contributed by atoms with Crippen molar-refractivity contribution < 1.29 is 14.6 Å². The molecule has 0 aliphatic rings. The number of benzene rings is 4. The summed E-state index contributed by atoms with van der Waals surface area (Å²) in [7, 11) is 0. The van der Waals surface area contributed by atoms with Crippen LogP contribution in [-0.2, 0) is 0 Å². The van der Waals surface area contributed by atoms with Gasteiger partial charge in [-0.15, -0.1) is 0 Å². The number of hydrogen-bond acceptors (Lipinski definition) is 4. The number of H-pyrrole nitrogens is 1. The van der Waals surface area contributed by atoms with Gasteiger partial charge in [-0.3, -0.25) is 0 Å². The summed E-state index contributed by atoms with van der Waals surface area (Å²) < 4.78 is 14.9. The van der Waals surface area contributed by atoms with Crippen molar-refractivity contribution in [2.75, 3.05) is 0 Å². The fraction of sp³-hybridized carbons (Fsp3) is 0.188. The number of imidazole rings is 1. The minimum Gasteiger partial charge on any atom is -0.378 e. The zero-order valence-electron chi connectivity index (χ0n) is 21.4. The molecule has 186 valence electrons. The molecule has 3 N–H and O–H groups in total. The summed E-state index contributed by atoms with van der Waals surface area (Å²) in [5.74, 6) is 11.5. The van der Waals surface area contributed by atoms with Gasteiger partial charge in [0.05, 0.1) is 28.2 Å². The first-order chi connectivity index (χ1) is 17.9. The van der Waals surface area contributed by atoms with Crippen LogP contribution >= 0.6 is 0 Å². The lowest BCUT2D eigenvalue weighted by Crippen LogP contribution is -2.14. The van der Waals surface area contributed by atoms with Crippen LogP contribution in [0.2, 0.25) is 0 Å². The summed E-state index contributed by atoms with van der Waals surface area (Å²) in [6.07, 6.45) is 0. The number of halogens is 1. The molecular formula is C32H24FN3O2. The first-order valence-corrected chi connectivity index (χ1v) is 12.0. The smallest absolute Gasteiger partial charge is 0.142 e. The molecule has 6 heteroatoms. The number of nitrogens with one attached hydrogen (secondary N) is 1. The molecule has 0 saturated carbocycles. The predicted molar refractivity (Wildman–Crippen MR) is 148 cm³/mol. The molecule has 38 heavy (non-hydrogen) atoms. The molecule has 0 radical (unpaired) electrons. The Bertz CT molecular complexity index is 1820. The molecule has 5 nitrogen and oxygen atoms in total. The second-order valence-electron chi connectivity index (χ2n) is 10.2. The minimum atomic E-state index is -1.14. The first kappa shape index (κ1) is 25.0. The van der Waals surface area contributed by atoms with Crippen LogP contribution in [0.3, 0.4) is 0 Å². The summed E-state index contributed by atoms with van der Waals surface area (Å²) in [6.45, 7) is 6.49. The van der Waals surface area contributed by atoms with Gasteiger partial charge in [0.15, 0.2) is 0 Å². The highest BCUT2D eigenvalue weighted by atomic mass is 19.1. The van der Waals surface area contributed by atoms with Crippen molar-refractivity contribution in [2.24, 2.45) is 0 Å². The van der Waals surface area contributed by atoms with Gasteiger partial charge >= 0.3 is 0 Å². The summed E-state index contributed by atoms with van der Waals surface area (Å²) in [5.41, 5.74) is 0.782. The molecule has 5 rings (SSSR count). The number of aromatic nitrogens is 2. The van der Waals surface area contributed by atoms with Gasteiger partial charge < -0.3 is 15.2 Å². The highest BCUT2D eigenvalue weighted by Gasteiger charge is 2.19. The Morgan fingerprint density at radius 1 is 0.816 bits per heavy atom. The Balaban J connectivity index is 1.86. The van der Waals surface area contributed by atoms with Gasteiger partial charge in [0, 0.05) is 21.9 Å². The standard InChI is InChI=1S/C32H24FN3O2/c1-31(2,37)14-12-19-8-10-22-24(16-19)25-17-20(13-15-32(3,4)38)9-11-23(25)29-28(22)35-30(36-29)27-21(18-34)6-5-7-26(27)33/h5-11,16-17,37-38H,1-4H3,(H,35,36). The number of fused-ring (bicyclic) bond motifs is 6. The second-order valence-corrected chi connectivity index (χ2v) is 10.2. The van der Waals surface area contributed by atoms with Gasteiger partial charge in [0.2, 0.25) is 0 Å². The highest BCUT2D eigenvalue weighted by Crippen LogP contribution is 2.37. The fourth-order valence-electron chi connectivity index (χ4n) is 4.30. The first-order valence-electron chi connectivity index (χ1n) is 12.0. The number of rotatable bonds is 1. The Kier molecular flexibility index (Phi) is 5.93. The highest BCUT2D eigenvalue weighted by molar-refractivity contribution is 6.24. The molecule has 0 saturated heterocycles. The van der Waals surface area contributed by atoms with Crippen molar-refractivity contribution in [1.82, 2.24) is 9.97 Å². The van der Waals surface area contributed by atoms with Gasteiger partial charge in [0.25, 0.3) is 0 Å².